The number of hydrogen-bond donors (Lipinski definition) is 2. The van der Waals surface area contributed by atoms with Crippen LogP contribution in [0.1, 0.15) is 22.3 Å². The Hall–Kier alpha value is -4.42. The lowest BCUT2D eigenvalue weighted by atomic mass is 10.0. The summed E-state index contributed by atoms with van der Waals surface area (Å²) in [6.07, 6.45) is -2.48. The van der Waals surface area contributed by atoms with Gasteiger partial charge >= 0.3 is 0 Å². The first kappa shape index (κ1) is 32.8. The van der Waals surface area contributed by atoms with Gasteiger partial charge in [-0.25, -0.2) is 0 Å². The van der Waals surface area contributed by atoms with E-state index in [1.807, 2.05) is 97.1 Å². The summed E-state index contributed by atoms with van der Waals surface area (Å²) in [5.41, 5.74) is 4.13. The molecule has 4 aromatic rings. The largest absolute Gasteiger partial charge is 0.352 e. The van der Waals surface area contributed by atoms with Gasteiger partial charge < -0.3 is 29.6 Å². The summed E-state index contributed by atoms with van der Waals surface area (Å²) < 4.78 is 26.0. The Labute approximate surface area is 292 Å². The third-order valence-corrected chi connectivity index (χ3v) is 9.90. The van der Waals surface area contributed by atoms with Gasteiger partial charge in [0.15, 0.2) is 12.2 Å². The average molecular weight is 675 g/mol. The van der Waals surface area contributed by atoms with Crippen molar-refractivity contribution in [2.75, 3.05) is 39.3 Å². The molecule has 6 unspecified atom stereocenters. The first-order valence-corrected chi connectivity index (χ1v) is 17.4. The predicted octanol–water partition coefficient (Wildman–Crippen LogP) is 3.52. The van der Waals surface area contributed by atoms with Crippen LogP contribution in [0.3, 0.4) is 0 Å². The third kappa shape index (κ3) is 6.70. The zero-order chi connectivity index (χ0) is 34.0. The molecule has 4 bridgehead atoms. The van der Waals surface area contributed by atoms with Gasteiger partial charge in [0.05, 0.1) is 13.1 Å². The van der Waals surface area contributed by atoms with Crippen molar-refractivity contribution in [3.05, 3.63) is 144 Å². The number of amides is 2. The summed E-state index contributed by atoms with van der Waals surface area (Å²) >= 11 is 0. The number of nitrogens with zero attached hydrogens (tertiary/aromatic N) is 2. The highest BCUT2D eigenvalue weighted by molar-refractivity contribution is 5.83. The monoisotopic (exact) mass is 674 g/mol. The lowest BCUT2D eigenvalue weighted by Crippen LogP contribution is -2.51. The minimum Gasteiger partial charge on any atom is -0.352 e. The van der Waals surface area contributed by atoms with Crippen molar-refractivity contribution in [3.63, 3.8) is 0 Å². The molecule has 4 fully saturated rings. The van der Waals surface area contributed by atoms with Gasteiger partial charge in [-0.1, -0.05) is 121 Å². The number of benzene rings is 4. The Balaban J connectivity index is 0.892. The van der Waals surface area contributed by atoms with Gasteiger partial charge in [-0.3, -0.25) is 19.4 Å². The predicted molar refractivity (Wildman–Crippen MR) is 185 cm³/mol. The van der Waals surface area contributed by atoms with E-state index in [0.29, 0.717) is 26.2 Å². The average Bonchev–Trinajstić information content (AvgIpc) is 3.60. The topological polar surface area (TPSA) is 102 Å². The second-order valence-electron chi connectivity index (χ2n) is 13.5. The van der Waals surface area contributed by atoms with Crippen LogP contribution in [0.4, 0.5) is 0 Å². The molecular weight excluding hydrogens is 632 g/mol. The summed E-state index contributed by atoms with van der Waals surface area (Å²) in [7, 11) is 0. The number of morpholine rings is 2. The molecule has 0 aromatic heterocycles. The summed E-state index contributed by atoms with van der Waals surface area (Å²) in [4.78, 5) is 31.7. The van der Waals surface area contributed by atoms with Gasteiger partial charge in [0.2, 0.25) is 11.6 Å². The minimum atomic E-state index is -1.05. The van der Waals surface area contributed by atoms with Crippen LogP contribution in [-0.4, -0.2) is 85.3 Å². The van der Waals surface area contributed by atoms with E-state index in [2.05, 4.69) is 44.7 Å². The van der Waals surface area contributed by atoms with E-state index < -0.39 is 36.0 Å². The Morgan fingerprint density at radius 1 is 0.540 bits per heavy atom. The van der Waals surface area contributed by atoms with Crippen molar-refractivity contribution in [2.24, 2.45) is 0 Å². The van der Waals surface area contributed by atoms with E-state index in [0.717, 1.165) is 24.2 Å². The van der Waals surface area contributed by atoms with Crippen LogP contribution in [-0.2, 0) is 53.2 Å². The van der Waals surface area contributed by atoms with Gasteiger partial charge in [-0.05, 0) is 11.1 Å². The normalized spacial score (nSPS) is 29.0. The lowest BCUT2D eigenvalue weighted by Gasteiger charge is -2.38. The molecule has 6 atom stereocenters. The van der Waals surface area contributed by atoms with Gasteiger partial charge in [0.25, 0.3) is 11.8 Å². The number of fused-ring (bicyclic) bond motifs is 4. The zero-order valence-corrected chi connectivity index (χ0v) is 27.9. The van der Waals surface area contributed by atoms with Crippen LogP contribution in [0.25, 0.3) is 0 Å². The van der Waals surface area contributed by atoms with Crippen LogP contribution < -0.4 is 10.6 Å². The van der Waals surface area contributed by atoms with Crippen LogP contribution in [0, 0.1) is 0 Å². The minimum absolute atomic E-state index is 0.228. The summed E-state index contributed by atoms with van der Waals surface area (Å²) in [6, 6.07) is 40.2. The number of nitrogens with one attached hydrogen (secondary N) is 2. The van der Waals surface area contributed by atoms with Crippen molar-refractivity contribution in [1.29, 1.82) is 0 Å². The Bertz CT molecular complexity index is 1640. The van der Waals surface area contributed by atoms with Crippen LogP contribution >= 0.6 is 0 Å². The number of rotatable bonds is 11. The van der Waals surface area contributed by atoms with Crippen LogP contribution in [0.15, 0.2) is 121 Å². The first-order chi connectivity index (χ1) is 24.5. The molecule has 50 heavy (non-hydrogen) atoms. The lowest BCUT2D eigenvalue weighted by molar-refractivity contribution is -0.218. The number of ether oxygens (including phenoxy) is 4. The second kappa shape index (κ2) is 14.1. The maximum absolute atomic E-state index is 13.6. The summed E-state index contributed by atoms with van der Waals surface area (Å²) in [5, 5.41) is 5.95. The van der Waals surface area contributed by atoms with Gasteiger partial charge in [0, 0.05) is 50.4 Å². The Morgan fingerprint density at radius 3 is 1.28 bits per heavy atom. The molecule has 2 amide bonds. The molecule has 4 aliphatic heterocycles. The fourth-order valence-corrected chi connectivity index (χ4v) is 7.65. The number of carbonyl (C=O) groups excluding carboxylic acids is 2. The summed E-state index contributed by atoms with van der Waals surface area (Å²) in [6.45, 7) is 4.02. The van der Waals surface area contributed by atoms with E-state index in [4.69, 9.17) is 18.9 Å². The molecule has 10 heteroatoms. The summed E-state index contributed by atoms with van der Waals surface area (Å²) in [5.74, 6) is -2.62. The van der Waals surface area contributed by atoms with Gasteiger partial charge in [-0.2, -0.15) is 0 Å². The molecule has 2 N–H and O–H groups in total. The van der Waals surface area contributed by atoms with Crippen molar-refractivity contribution in [3.8, 4) is 0 Å². The van der Waals surface area contributed by atoms with Crippen molar-refractivity contribution >= 4 is 11.8 Å². The van der Waals surface area contributed by atoms with E-state index >= 15 is 0 Å². The van der Waals surface area contributed by atoms with Crippen molar-refractivity contribution < 1.29 is 28.5 Å². The molecule has 4 heterocycles. The quantitative estimate of drug-likeness (QED) is 0.233. The molecule has 8 rings (SSSR count). The Kier molecular flexibility index (Phi) is 9.22. The fraction of sp³-hybridized carbons (Fsp3) is 0.350. The first-order valence-electron chi connectivity index (χ1n) is 17.4. The molecule has 4 saturated heterocycles. The smallest absolute Gasteiger partial charge is 0.252 e. The SMILES string of the molecule is O=C(NCCNC(=O)C1OC2(c3ccccc3)CN(Cc3ccccc3)CC1O2)C1OC2(c3ccccc3)CN(Cc3ccccc3)CC1O2. The molecule has 0 spiro atoms. The third-order valence-electron chi connectivity index (χ3n) is 9.90. The van der Waals surface area contributed by atoms with Gasteiger partial charge in [0.1, 0.15) is 12.2 Å². The van der Waals surface area contributed by atoms with Crippen LogP contribution in [0.5, 0.6) is 0 Å². The highest BCUT2D eigenvalue weighted by atomic mass is 16.8. The zero-order valence-electron chi connectivity index (χ0n) is 27.9. The second-order valence-corrected chi connectivity index (χ2v) is 13.5. The Morgan fingerprint density at radius 2 is 0.900 bits per heavy atom. The maximum atomic E-state index is 13.6. The molecular formula is C40H42N4O6. The highest BCUT2D eigenvalue weighted by Crippen LogP contribution is 2.44. The molecule has 4 aromatic carbocycles. The standard InChI is InChI=1S/C40H42N4O6/c45-37(35-33-25-43(23-29-13-5-1-6-14-29)27-39(47-33,49-35)31-17-9-3-10-18-31)41-21-22-42-38(46)36-34-26-44(24-30-15-7-2-8-16-30)28-40(48-34,50-36)32-19-11-4-12-20-32/h1-20,33-36H,21-28H2,(H,41,45)(H,42,46). The van der Waals surface area contributed by atoms with E-state index in [9.17, 15) is 9.59 Å². The molecule has 258 valence electrons. The van der Waals surface area contributed by atoms with Crippen molar-refractivity contribution in [1.82, 2.24) is 20.4 Å². The van der Waals surface area contributed by atoms with Crippen LogP contribution in [0.2, 0.25) is 0 Å². The maximum Gasteiger partial charge on any atom is 0.252 e. The van der Waals surface area contributed by atoms with E-state index in [1.165, 1.54) is 11.1 Å². The molecule has 0 saturated carbocycles. The molecule has 4 aliphatic rings. The highest BCUT2D eigenvalue weighted by Gasteiger charge is 2.57. The van der Waals surface area contributed by atoms with E-state index in [-0.39, 0.29) is 24.9 Å². The number of hydrogen-bond acceptors (Lipinski definition) is 8. The number of carbonyl (C=O) groups is 2. The molecule has 0 aliphatic carbocycles. The van der Waals surface area contributed by atoms with E-state index in [1.54, 1.807) is 0 Å². The van der Waals surface area contributed by atoms with Gasteiger partial charge in [-0.15, -0.1) is 0 Å². The fourth-order valence-electron chi connectivity index (χ4n) is 7.65. The van der Waals surface area contributed by atoms with Crippen molar-refractivity contribution in [2.45, 2.75) is 49.1 Å². The molecule has 10 nitrogen and oxygen atoms in total. The molecule has 0 radical (unpaired) electrons.